The minimum atomic E-state index is -3.41. The second kappa shape index (κ2) is 9.18. The van der Waals surface area contributed by atoms with Gasteiger partial charge in [-0.25, -0.2) is 13.1 Å². The molecule has 0 radical (unpaired) electrons. The van der Waals surface area contributed by atoms with E-state index in [4.69, 9.17) is 0 Å². The summed E-state index contributed by atoms with van der Waals surface area (Å²) in [5, 5.41) is 13.4. The highest BCUT2D eigenvalue weighted by molar-refractivity contribution is 7.89. The number of amides is 1. The van der Waals surface area contributed by atoms with Crippen molar-refractivity contribution in [2.24, 2.45) is 5.92 Å². The fourth-order valence-electron chi connectivity index (χ4n) is 5.29. The predicted octanol–water partition coefficient (Wildman–Crippen LogP) is 3.53. The molecule has 1 aliphatic carbocycles. The lowest BCUT2D eigenvalue weighted by atomic mass is 9.88. The molecule has 3 aliphatic rings. The summed E-state index contributed by atoms with van der Waals surface area (Å²) >= 11 is 1.52. The van der Waals surface area contributed by atoms with Crippen LogP contribution in [0, 0.1) is 17.2 Å². The fraction of sp³-hybridized carbons (Fsp3) is 0.500. The van der Waals surface area contributed by atoms with Gasteiger partial charge in [0.1, 0.15) is 11.1 Å². The highest BCUT2D eigenvalue weighted by atomic mass is 32.2. The second-order valence-corrected chi connectivity index (χ2v) is 12.1. The van der Waals surface area contributed by atoms with Crippen molar-refractivity contribution >= 4 is 32.3 Å². The number of hydrogen-bond donors (Lipinski definition) is 2. The van der Waals surface area contributed by atoms with Crippen LogP contribution in [0.4, 0.5) is 5.00 Å². The summed E-state index contributed by atoms with van der Waals surface area (Å²) in [5.74, 6) is 0.569. The largest absolute Gasteiger partial charge is 0.316 e. The first-order valence-corrected chi connectivity index (χ1v) is 13.9. The molecule has 33 heavy (non-hydrogen) atoms. The number of hydrogen-bond acceptors (Lipinski definition) is 6. The molecule has 1 saturated carbocycles. The van der Waals surface area contributed by atoms with Gasteiger partial charge >= 0.3 is 0 Å². The molecule has 1 aromatic heterocycles. The molecule has 7 nitrogen and oxygen atoms in total. The van der Waals surface area contributed by atoms with Crippen molar-refractivity contribution in [3.63, 3.8) is 0 Å². The third kappa shape index (κ3) is 4.71. The Labute approximate surface area is 198 Å². The third-order valence-electron chi connectivity index (χ3n) is 6.97. The number of sulfonamides is 1. The molecule has 3 heterocycles. The van der Waals surface area contributed by atoms with Crippen LogP contribution in [0.2, 0.25) is 0 Å². The van der Waals surface area contributed by atoms with Gasteiger partial charge in [-0.1, -0.05) is 31.4 Å². The van der Waals surface area contributed by atoms with Gasteiger partial charge in [-0.2, -0.15) is 5.26 Å². The number of rotatable bonds is 5. The third-order valence-corrected chi connectivity index (χ3v) is 9.67. The summed E-state index contributed by atoms with van der Waals surface area (Å²) in [7, 11) is -3.41. The van der Waals surface area contributed by atoms with Crippen LogP contribution < -0.4 is 10.0 Å². The lowest BCUT2D eigenvalue weighted by Crippen LogP contribution is -2.34. The van der Waals surface area contributed by atoms with Gasteiger partial charge in [-0.05, 0) is 42.4 Å². The molecule has 2 N–H and O–H groups in total. The van der Waals surface area contributed by atoms with E-state index < -0.39 is 10.0 Å². The van der Waals surface area contributed by atoms with Gasteiger partial charge in [0.25, 0.3) is 0 Å². The number of fused-ring (bicyclic) bond motifs is 2. The van der Waals surface area contributed by atoms with E-state index in [1.807, 2.05) is 0 Å². The van der Waals surface area contributed by atoms with E-state index in [2.05, 4.69) is 21.0 Å². The highest BCUT2D eigenvalue weighted by Gasteiger charge is 2.28. The molecule has 0 atom stereocenters. The normalized spacial score (nSPS) is 20.1. The van der Waals surface area contributed by atoms with Crippen LogP contribution >= 0.6 is 11.3 Å². The van der Waals surface area contributed by atoms with Gasteiger partial charge in [-0.3, -0.25) is 9.69 Å². The molecular formula is C24H28N4O3S2. The maximum Gasteiger partial charge on any atom is 0.241 e. The van der Waals surface area contributed by atoms with Crippen molar-refractivity contribution < 1.29 is 13.2 Å². The van der Waals surface area contributed by atoms with Crippen LogP contribution in [-0.2, 0) is 40.7 Å². The summed E-state index contributed by atoms with van der Waals surface area (Å²) in [6, 6.07) is 7.33. The Morgan fingerprint density at radius 3 is 2.88 bits per heavy atom. The zero-order chi connectivity index (χ0) is 23.0. The Bertz CT molecular complexity index is 1220. The Morgan fingerprint density at radius 1 is 1.27 bits per heavy atom. The van der Waals surface area contributed by atoms with Crippen LogP contribution in [0.15, 0.2) is 23.1 Å². The number of anilines is 1. The average molecular weight is 485 g/mol. The van der Waals surface area contributed by atoms with Crippen molar-refractivity contribution in [2.75, 3.05) is 18.4 Å². The van der Waals surface area contributed by atoms with E-state index in [0.29, 0.717) is 16.1 Å². The molecule has 0 spiro atoms. The molecule has 2 aromatic rings. The quantitative estimate of drug-likeness (QED) is 0.676. The zero-order valence-corrected chi connectivity index (χ0v) is 20.2. The Morgan fingerprint density at radius 2 is 2.09 bits per heavy atom. The fourth-order valence-corrected chi connectivity index (χ4v) is 7.68. The van der Waals surface area contributed by atoms with E-state index in [1.165, 1.54) is 48.3 Å². The smallest absolute Gasteiger partial charge is 0.241 e. The minimum Gasteiger partial charge on any atom is -0.316 e. The molecule has 2 aliphatic heterocycles. The van der Waals surface area contributed by atoms with Crippen LogP contribution in [-0.4, -0.2) is 32.3 Å². The lowest BCUT2D eigenvalue weighted by molar-refractivity contribution is -0.115. The number of nitrogens with zero attached hydrogens (tertiary/aromatic N) is 2. The first-order chi connectivity index (χ1) is 15.9. The predicted molar refractivity (Wildman–Crippen MR) is 127 cm³/mol. The minimum absolute atomic E-state index is 0.133. The second-order valence-electron chi connectivity index (χ2n) is 9.30. The number of carbonyl (C=O) groups excluding carboxylic acids is 1. The van der Waals surface area contributed by atoms with E-state index in [-0.39, 0.29) is 23.8 Å². The van der Waals surface area contributed by atoms with E-state index in [9.17, 15) is 18.5 Å². The van der Waals surface area contributed by atoms with Crippen molar-refractivity contribution in [2.45, 2.75) is 62.9 Å². The van der Waals surface area contributed by atoms with Crippen molar-refractivity contribution in [1.29, 1.82) is 5.26 Å². The molecule has 174 valence electrons. The first-order valence-electron chi connectivity index (χ1n) is 11.6. The van der Waals surface area contributed by atoms with E-state index in [0.717, 1.165) is 43.1 Å². The summed E-state index contributed by atoms with van der Waals surface area (Å²) in [6.45, 7) is 3.15. The summed E-state index contributed by atoms with van der Waals surface area (Å²) in [5.41, 5.74) is 3.11. The van der Waals surface area contributed by atoms with Crippen molar-refractivity contribution in [3.8, 4) is 6.07 Å². The molecule has 1 fully saturated rings. The summed E-state index contributed by atoms with van der Waals surface area (Å²) < 4.78 is 26.3. The van der Waals surface area contributed by atoms with Crippen LogP contribution in [0.1, 0.15) is 59.2 Å². The lowest BCUT2D eigenvalue weighted by Gasteiger charge is -2.32. The first kappa shape index (κ1) is 22.5. The number of nitriles is 1. The van der Waals surface area contributed by atoms with Gasteiger partial charge < -0.3 is 5.32 Å². The van der Waals surface area contributed by atoms with Gasteiger partial charge in [0.05, 0.1) is 16.9 Å². The molecule has 0 bridgehead atoms. The monoisotopic (exact) mass is 484 g/mol. The topological polar surface area (TPSA) is 102 Å². The SMILES string of the molecule is N#Cc1c(NC(=O)Cc2ccc3c(c2)CNS3(=O)=O)sc2c1CN(CC1CCCCC1)CC2. The van der Waals surface area contributed by atoms with Gasteiger partial charge in [0, 0.05) is 36.6 Å². The van der Waals surface area contributed by atoms with Gasteiger partial charge in [0.2, 0.25) is 15.9 Å². The number of carbonyl (C=O) groups is 1. The maximum absolute atomic E-state index is 12.8. The maximum atomic E-state index is 12.8. The van der Waals surface area contributed by atoms with Gasteiger partial charge in [0.15, 0.2) is 0 Å². The van der Waals surface area contributed by atoms with Crippen molar-refractivity contribution in [3.05, 3.63) is 45.3 Å². The van der Waals surface area contributed by atoms with Crippen LogP contribution in [0.25, 0.3) is 0 Å². The molecule has 1 aromatic carbocycles. The van der Waals surface area contributed by atoms with E-state index >= 15 is 0 Å². The highest BCUT2D eigenvalue weighted by Crippen LogP contribution is 2.37. The zero-order valence-electron chi connectivity index (χ0n) is 18.5. The summed E-state index contributed by atoms with van der Waals surface area (Å²) in [4.78, 5) is 16.7. The molecule has 0 saturated heterocycles. The molecule has 1 amide bonds. The molecule has 9 heteroatoms. The standard InChI is InChI=1S/C24H28N4O3S2/c25-12-19-20-15-28(14-16-4-2-1-3-5-16)9-8-21(20)32-24(19)27-23(29)11-17-6-7-22-18(10-17)13-26-33(22,30)31/h6-7,10,16,26H,1-5,8-9,11,13-15H2,(H,27,29). The number of benzene rings is 1. The van der Waals surface area contributed by atoms with E-state index in [1.54, 1.807) is 18.2 Å². The van der Waals surface area contributed by atoms with Crippen LogP contribution in [0.5, 0.6) is 0 Å². The number of nitrogens with one attached hydrogen (secondary N) is 2. The molecule has 5 rings (SSSR count). The molecular weight excluding hydrogens is 456 g/mol. The number of thiophene rings is 1. The van der Waals surface area contributed by atoms with Crippen molar-refractivity contribution in [1.82, 2.24) is 9.62 Å². The Balaban J connectivity index is 1.26. The van der Waals surface area contributed by atoms with Crippen LogP contribution in [0.3, 0.4) is 0 Å². The Kier molecular flexibility index (Phi) is 6.27. The molecule has 0 unspecified atom stereocenters. The van der Waals surface area contributed by atoms with Gasteiger partial charge in [-0.15, -0.1) is 11.3 Å². The Hall–Kier alpha value is -2.25. The summed E-state index contributed by atoms with van der Waals surface area (Å²) in [6.07, 6.45) is 7.69. The average Bonchev–Trinajstić information content (AvgIpc) is 3.29.